The first-order valence-electron chi connectivity index (χ1n) is 15.5. The summed E-state index contributed by atoms with van der Waals surface area (Å²) in [5.41, 5.74) is 12.0. The van der Waals surface area contributed by atoms with Crippen LogP contribution in [0.15, 0.2) is 119 Å². The Hall–Kier alpha value is -3.06. The van der Waals surface area contributed by atoms with Crippen molar-refractivity contribution in [1.82, 2.24) is 0 Å². The van der Waals surface area contributed by atoms with Gasteiger partial charge in [-0.05, 0) is 0 Å². The molecule has 0 saturated carbocycles. The zero-order chi connectivity index (χ0) is 29.5. The Balaban J connectivity index is 1.65. The van der Waals surface area contributed by atoms with Crippen LogP contribution in [0.1, 0.15) is 85.6 Å². The molecule has 0 nitrogen and oxygen atoms in total. The molecule has 0 amide bonds. The van der Waals surface area contributed by atoms with Gasteiger partial charge in [0.25, 0.3) is 0 Å². The Kier molecular flexibility index (Phi) is 7.99. The van der Waals surface area contributed by atoms with Gasteiger partial charge in [-0.25, -0.2) is 0 Å². The van der Waals surface area contributed by atoms with Crippen molar-refractivity contribution in [2.45, 2.75) is 75.9 Å². The monoisotopic (exact) mass is 584 g/mol. The van der Waals surface area contributed by atoms with Crippen LogP contribution in [-0.4, -0.2) is 3.81 Å². The number of rotatable bonds is 6. The minimum atomic E-state index is -2.10. The molecular weight excluding hydrogens is 540 g/mol. The second-order valence-electron chi connectivity index (χ2n) is 14.2. The summed E-state index contributed by atoms with van der Waals surface area (Å²) in [5, 5.41) is 0. The molecule has 6 rings (SSSR count). The van der Waals surface area contributed by atoms with Crippen LogP contribution in [0.2, 0.25) is 0 Å². The molecule has 0 fully saturated rings. The number of fused-ring (bicyclic) bond motifs is 3. The first-order chi connectivity index (χ1) is 20.1. The summed E-state index contributed by atoms with van der Waals surface area (Å²) >= 11 is -2.10. The average molecular weight is 585 g/mol. The summed E-state index contributed by atoms with van der Waals surface area (Å²) in [7, 11) is 0. The van der Waals surface area contributed by atoms with Gasteiger partial charge in [-0.3, -0.25) is 0 Å². The van der Waals surface area contributed by atoms with Gasteiger partial charge in [0.1, 0.15) is 0 Å². The zero-order valence-electron chi connectivity index (χ0n) is 26.2. The van der Waals surface area contributed by atoms with Gasteiger partial charge in [0.05, 0.1) is 0 Å². The number of hydrogen-bond acceptors (Lipinski definition) is 0. The molecule has 2 aliphatic carbocycles. The Bertz CT molecular complexity index is 1580. The van der Waals surface area contributed by atoms with Gasteiger partial charge < -0.3 is 0 Å². The quantitative estimate of drug-likeness (QED) is 0.198. The third kappa shape index (κ3) is 5.90. The molecule has 0 aliphatic heterocycles. The fourth-order valence-corrected chi connectivity index (χ4v) is 12.5. The van der Waals surface area contributed by atoms with Gasteiger partial charge in [0.2, 0.25) is 0 Å². The molecular formula is C41H44Ti. The molecule has 0 radical (unpaired) electrons. The number of hydrogen-bond donors (Lipinski definition) is 0. The van der Waals surface area contributed by atoms with Crippen molar-refractivity contribution in [3.63, 3.8) is 0 Å². The van der Waals surface area contributed by atoms with Crippen LogP contribution in [0.5, 0.6) is 0 Å². The Morgan fingerprint density at radius 3 is 1.52 bits per heavy atom. The SMILES string of the molecule is CC(C)(C)c1ccc2c(c1)[CH]([Ti]([C]1=CC=CC1)=[C](Cc1ccccc1)Cc1ccccc1)c1cc(C(C)(C)C)ccc1-2. The van der Waals surface area contributed by atoms with Crippen molar-refractivity contribution in [1.29, 1.82) is 0 Å². The summed E-state index contributed by atoms with van der Waals surface area (Å²) in [5.74, 6) is 0. The molecule has 1 heteroatoms. The van der Waals surface area contributed by atoms with E-state index in [4.69, 9.17) is 0 Å². The average Bonchev–Trinajstić information content (AvgIpc) is 3.60. The van der Waals surface area contributed by atoms with Crippen molar-refractivity contribution < 1.29 is 17.4 Å². The van der Waals surface area contributed by atoms with E-state index in [0.29, 0.717) is 4.22 Å². The summed E-state index contributed by atoms with van der Waals surface area (Å²) in [4.78, 5) is 0. The molecule has 0 bridgehead atoms. The molecule has 4 aromatic rings. The minimum absolute atomic E-state index is 0.111. The first-order valence-corrected chi connectivity index (χ1v) is 18.0. The summed E-state index contributed by atoms with van der Waals surface area (Å²) < 4.78 is 3.93. The van der Waals surface area contributed by atoms with Crippen LogP contribution >= 0.6 is 0 Å². The van der Waals surface area contributed by atoms with E-state index in [2.05, 4.69) is 157 Å². The van der Waals surface area contributed by atoms with Gasteiger partial charge in [-0.1, -0.05) is 0 Å². The van der Waals surface area contributed by atoms with Crippen LogP contribution in [0.25, 0.3) is 11.1 Å². The van der Waals surface area contributed by atoms with E-state index in [-0.39, 0.29) is 10.8 Å². The summed E-state index contributed by atoms with van der Waals surface area (Å²) in [6, 6.07) is 37.3. The van der Waals surface area contributed by atoms with Crippen molar-refractivity contribution in [3.8, 4) is 11.1 Å². The summed E-state index contributed by atoms with van der Waals surface area (Å²) in [6.07, 6.45) is 10.4. The Morgan fingerprint density at radius 2 is 1.12 bits per heavy atom. The van der Waals surface area contributed by atoms with Gasteiger partial charge in [0.15, 0.2) is 0 Å². The Morgan fingerprint density at radius 1 is 0.643 bits per heavy atom. The van der Waals surface area contributed by atoms with Gasteiger partial charge in [-0.15, -0.1) is 0 Å². The van der Waals surface area contributed by atoms with Crippen molar-refractivity contribution >= 4 is 3.81 Å². The van der Waals surface area contributed by atoms with Gasteiger partial charge in [0, 0.05) is 0 Å². The Labute approximate surface area is 259 Å². The molecule has 0 aromatic heterocycles. The van der Waals surface area contributed by atoms with Crippen LogP contribution in [0.4, 0.5) is 0 Å². The van der Waals surface area contributed by atoms with Crippen molar-refractivity contribution in [2.24, 2.45) is 0 Å². The third-order valence-electron chi connectivity index (χ3n) is 9.05. The topological polar surface area (TPSA) is 0 Å². The normalized spacial score (nSPS) is 14.5. The van der Waals surface area contributed by atoms with Crippen LogP contribution in [0, 0.1) is 0 Å². The molecule has 0 spiro atoms. The second-order valence-corrected chi connectivity index (χ2v) is 18.5. The van der Waals surface area contributed by atoms with Crippen LogP contribution < -0.4 is 0 Å². The van der Waals surface area contributed by atoms with E-state index in [9.17, 15) is 0 Å². The van der Waals surface area contributed by atoms with E-state index in [1.54, 1.807) is 18.8 Å². The molecule has 42 heavy (non-hydrogen) atoms. The standard InChI is InChI=1S/C21H25.C15H14.C5H5.Ti/c1-20(2,3)16-7-9-18-14(12-16)11-15-13-17(21(4,5)6)8-10-19(15)18;1-3-8-14(9-4-1)12-7-13-15-10-5-2-6-11-15;1-2-4-5-3-1;/h7-13H,1-6H3;1-6,8-11H,12-13H2;1-3H,4H2;. The fourth-order valence-electron chi connectivity index (χ4n) is 6.71. The van der Waals surface area contributed by atoms with E-state index in [0.717, 1.165) is 19.3 Å². The predicted molar refractivity (Wildman–Crippen MR) is 178 cm³/mol. The first kappa shape index (κ1) is 29.0. The maximum atomic E-state index is 2.59. The van der Waals surface area contributed by atoms with E-state index < -0.39 is 17.4 Å². The number of allylic oxidation sites excluding steroid dienone is 4. The third-order valence-corrected chi connectivity index (χ3v) is 14.3. The zero-order valence-corrected chi connectivity index (χ0v) is 27.7. The van der Waals surface area contributed by atoms with Crippen LogP contribution in [-0.2, 0) is 41.1 Å². The molecule has 212 valence electrons. The molecule has 2 aliphatic rings. The second kappa shape index (κ2) is 11.6. The van der Waals surface area contributed by atoms with Crippen molar-refractivity contribution in [2.75, 3.05) is 0 Å². The van der Waals surface area contributed by atoms with E-state index >= 15 is 0 Å². The van der Waals surface area contributed by atoms with E-state index in [1.165, 1.54) is 33.4 Å². The molecule has 0 atom stereocenters. The summed E-state index contributed by atoms with van der Waals surface area (Å²) in [6.45, 7) is 14.1. The van der Waals surface area contributed by atoms with Gasteiger partial charge >= 0.3 is 261 Å². The fraction of sp³-hybridized carbons (Fsp3) is 0.293. The molecule has 4 aromatic carbocycles. The molecule has 0 saturated heterocycles. The van der Waals surface area contributed by atoms with E-state index in [1.807, 2.05) is 0 Å². The van der Waals surface area contributed by atoms with Crippen molar-refractivity contribution in [3.05, 3.63) is 153 Å². The predicted octanol–water partition coefficient (Wildman–Crippen LogP) is 10.5. The molecule has 0 N–H and O–H groups in total. The molecule has 0 heterocycles. The molecule has 0 unspecified atom stereocenters. The maximum absolute atomic E-state index is 2.59. The number of benzene rings is 4. The van der Waals surface area contributed by atoms with Gasteiger partial charge in [-0.2, -0.15) is 0 Å². The van der Waals surface area contributed by atoms with Crippen LogP contribution in [0.3, 0.4) is 0 Å².